The quantitative estimate of drug-likeness (QED) is 0.128. The minimum atomic E-state index is -0.172. The molecule has 0 unspecified atom stereocenters. The number of carbonyl (C=O) groups excluding carboxylic acids is 2. The molecule has 8 nitrogen and oxygen atoms in total. The molecule has 0 saturated heterocycles. The van der Waals surface area contributed by atoms with Crippen LogP contribution in [0.3, 0.4) is 0 Å². The van der Waals surface area contributed by atoms with E-state index >= 15 is 0 Å². The van der Waals surface area contributed by atoms with Gasteiger partial charge in [0.05, 0.1) is 27.4 Å². The molecule has 0 aliphatic carbocycles. The molecule has 2 N–H and O–H groups in total. The molecule has 2 rings (SSSR count). The van der Waals surface area contributed by atoms with E-state index in [1.807, 2.05) is 62.1 Å². The van der Waals surface area contributed by atoms with E-state index in [-0.39, 0.29) is 18.0 Å². The van der Waals surface area contributed by atoms with Gasteiger partial charge in [0.25, 0.3) is 0 Å². The third-order valence-corrected chi connectivity index (χ3v) is 8.72. The van der Waals surface area contributed by atoms with Gasteiger partial charge in [0.15, 0.2) is 0 Å². The lowest BCUT2D eigenvalue weighted by atomic mass is 10.2. The van der Waals surface area contributed by atoms with Gasteiger partial charge in [-0.25, -0.2) is 4.84 Å². The van der Waals surface area contributed by atoms with Crippen molar-refractivity contribution in [2.45, 2.75) is 63.1 Å². The Balaban J connectivity index is 0.000000420. The maximum Gasteiger partial charge on any atom is 0.305 e. The van der Waals surface area contributed by atoms with Gasteiger partial charge in [-0.1, -0.05) is 24.3 Å². The third kappa shape index (κ3) is 17.8. The second-order valence-corrected chi connectivity index (χ2v) is 11.5. The van der Waals surface area contributed by atoms with Crippen molar-refractivity contribution >= 4 is 47.2 Å². The normalized spacial score (nSPS) is 12.0. The minimum Gasteiger partial charge on any atom is -0.497 e. The van der Waals surface area contributed by atoms with Crippen LogP contribution in [-0.2, 0) is 30.6 Å². The summed E-state index contributed by atoms with van der Waals surface area (Å²) < 4.78 is 20.1. The topological polar surface area (TPSA) is 95.1 Å². The van der Waals surface area contributed by atoms with Gasteiger partial charge >= 0.3 is 11.9 Å². The number of halogens is 1. The van der Waals surface area contributed by atoms with Crippen molar-refractivity contribution in [1.82, 2.24) is 10.2 Å². The number of methoxy groups -OCH3 is 2. The van der Waals surface area contributed by atoms with Crippen LogP contribution >= 0.6 is 35.3 Å². The smallest absolute Gasteiger partial charge is 0.305 e. The molecule has 0 spiro atoms. The number of carbonyl (C=O) groups is 2. The van der Waals surface area contributed by atoms with Crippen LogP contribution in [0.1, 0.15) is 50.7 Å². The van der Waals surface area contributed by atoms with Crippen molar-refractivity contribution in [2.24, 2.45) is 0 Å². The summed E-state index contributed by atoms with van der Waals surface area (Å²) in [5, 5.41) is 3.26. The van der Waals surface area contributed by atoms with Crippen molar-refractivity contribution < 1.29 is 28.5 Å². The molecule has 2 aromatic carbocycles. The first-order chi connectivity index (χ1) is 20.4. The molecule has 0 aromatic heterocycles. The van der Waals surface area contributed by atoms with Gasteiger partial charge in [-0.15, -0.1) is 0 Å². The average Bonchev–Trinajstić information content (AvgIpc) is 3.01. The highest BCUT2D eigenvalue weighted by molar-refractivity contribution is 7.98. The lowest BCUT2D eigenvalue weighted by Gasteiger charge is -2.15. The number of esters is 2. The first-order valence-corrected chi connectivity index (χ1v) is 16.8. The first-order valence-electron chi connectivity index (χ1n) is 14.1. The molecule has 42 heavy (non-hydrogen) atoms. The van der Waals surface area contributed by atoms with E-state index in [0.717, 1.165) is 40.9 Å². The van der Waals surface area contributed by atoms with Crippen LogP contribution in [0.2, 0.25) is 0 Å². The summed E-state index contributed by atoms with van der Waals surface area (Å²) in [7, 11) is 5.26. The van der Waals surface area contributed by atoms with E-state index < -0.39 is 0 Å². The number of ether oxygens (including phenoxy) is 4. The van der Waals surface area contributed by atoms with E-state index in [2.05, 4.69) is 22.3 Å². The summed E-state index contributed by atoms with van der Waals surface area (Å²) in [5.41, 5.74) is 2.51. The molecule has 0 radical (unpaired) electrons. The van der Waals surface area contributed by atoms with Crippen molar-refractivity contribution in [1.29, 1.82) is 0 Å². The van der Waals surface area contributed by atoms with Crippen LogP contribution in [-0.4, -0.2) is 70.0 Å². The maximum atomic E-state index is 11.4. The number of rotatable bonds is 20. The Morgan fingerprint density at radius 2 is 1.14 bits per heavy atom. The summed E-state index contributed by atoms with van der Waals surface area (Å²) in [6.07, 6.45) is 2.35. The Hall–Kier alpha value is -2.11. The molecular weight excluding hydrogens is 596 g/mol. The van der Waals surface area contributed by atoms with Gasteiger partial charge in [0, 0.05) is 47.9 Å². The predicted octanol–water partition coefficient (Wildman–Crippen LogP) is 6.24. The van der Waals surface area contributed by atoms with Gasteiger partial charge in [-0.2, -0.15) is 23.5 Å². The summed E-state index contributed by atoms with van der Waals surface area (Å²) in [4.78, 5) is 25.4. The number of benzene rings is 2. The molecule has 0 amide bonds. The largest absolute Gasteiger partial charge is 0.497 e. The number of hydrogen-bond acceptors (Lipinski definition) is 10. The zero-order chi connectivity index (χ0) is 31.0. The highest BCUT2D eigenvalue weighted by Crippen LogP contribution is 2.19. The molecule has 11 heteroatoms. The zero-order valence-corrected chi connectivity index (χ0v) is 27.9. The average molecular weight is 643 g/mol. The van der Waals surface area contributed by atoms with Crippen LogP contribution < -0.4 is 19.6 Å². The van der Waals surface area contributed by atoms with E-state index in [9.17, 15) is 9.59 Å². The monoisotopic (exact) mass is 642 g/mol. The van der Waals surface area contributed by atoms with Gasteiger partial charge in [-0.3, -0.25) is 9.59 Å². The van der Waals surface area contributed by atoms with E-state index in [1.54, 1.807) is 32.9 Å². The molecule has 0 aliphatic heterocycles. The first kappa shape index (κ1) is 37.9. The van der Waals surface area contributed by atoms with E-state index in [4.69, 9.17) is 30.7 Å². The minimum absolute atomic E-state index is 0.0966. The lowest BCUT2D eigenvalue weighted by Crippen LogP contribution is -2.28. The predicted molar refractivity (Wildman–Crippen MR) is 176 cm³/mol. The van der Waals surface area contributed by atoms with Gasteiger partial charge in [0.2, 0.25) is 0 Å². The fourth-order valence-corrected chi connectivity index (χ4v) is 6.13. The fourth-order valence-electron chi connectivity index (χ4n) is 3.61. The Bertz CT molecular complexity index is 903. The van der Waals surface area contributed by atoms with Crippen molar-refractivity contribution in [2.75, 3.05) is 46.0 Å². The number of hydrogen-bond donors (Lipinski definition) is 2. The lowest BCUT2D eigenvalue weighted by molar-refractivity contribution is -0.144. The van der Waals surface area contributed by atoms with Gasteiger partial charge < -0.3 is 24.3 Å². The molecule has 0 bridgehead atoms. The fraction of sp³-hybridized carbons (Fsp3) is 0.548. The van der Waals surface area contributed by atoms with Crippen LogP contribution in [0.15, 0.2) is 48.5 Å². The molecule has 0 fully saturated rings. The summed E-state index contributed by atoms with van der Waals surface area (Å²) in [5.74, 6) is 5.13. The Kier molecular flexibility index (Phi) is 22.0. The molecule has 0 saturated carbocycles. The molecule has 2 atom stereocenters. The van der Waals surface area contributed by atoms with Crippen molar-refractivity contribution in [3.05, 3.63) is 59.7 Å². The molecular formula is C31H47ClN2O6S2. The van der Waals surface area contributed by atoms with E-state index in [1.165, 1.54) is 11.1 Å². The second-order valence-electron chi connectivity index (χ2n) is 9.21. The van der Waals surface area contributed by atoms with Crippen LogP contribution in [0.5, 0.6) is 11.5 Å². The third-order valence-electron chi connectivity index (χ3n) is 6.06. The summed E-state index contributed by atoms with van der Waals surface area (Å²) in [6, 6.07) is 16.6. The van der Waals surface area contributed by atoms with Crippen molar-refractivity contribution in [3.63, 3.8) is 0 Å². The summed E-state index contributed by atoms with van der Waals surface area (Å²) >= 11 is 9.36. The molecule has 236 valence electrons. The standard InChI is InChI=1S/C16H25NO3S.C15H22ClNO3S/c1-4-20-16(18)10-7-14(17-2)12-21-11-13-5-8-15(19-3)9-6-13;1-3-20-15(18)9-6-13(17-16)11-21-10-12-4-7-14(19-2)8-5-12/h5-6,8-9,14,17H,4,7,10-12H2,1-3H3;4-5,7-8,13,17H,3,6,9-11H2,1-2H3/t14-;13-/m11/s1. The van der Waals surface area contributed by atoms with Crippen LogP contribution in [0, 0.1) is 0 Å². The van der Waals surface area contributed by atoms with Crippen LogP contribution in [0.4, 0.5) is 0 Å². The molecule has 0 aliphatic rings. The number of thioether (sulfide) groups is 2. The second kappa shape index (κ2) is 24.3. The summed E-state index contributed by atoms with van der Waals surface area (Å²) in [6.45, 7) is 4.51. The molecule has 2 aromatic rings. The van der Waals surface area contributed by atoms with Gasteiger partial charge in [-0.05, 0) is 80.9 Å². The Morgan fingerprint density at radius 3 is 1.50 bits per heavy atom. The highest BCUT2D eigenvalue weighted by atomic mass is 35.5. The zero-order valence-electron chi connectivity index (χ0n) is 25.5. The van der Waals surface area contributed by atoms with Gasteiger partial charge in [0.1, 0.15) is 11.5 Å². The SMILES string of the molecule is CCOC(=O)CC[C@H](CSCc1ccc(OC)cc1)NC.CCOC(=O)CC[C@H](CSCc1ccc(OC)cc1)NCl. The van der Waals surface area contributed by atoms with Crippen molar-refractivity contribution in [3.8, 4) is 11.5 Å². The highest BCUT2D eigenvalue weighted by Gasteiger charge is 2.12. The number of nitrogens with one attached hydrogen (secondary N) is 2. The van der Waals surface area contributed by atoms with Crippen LogP contribution in [0.25, 0.3) is 0 Å². The Labute approximate surface area is 265 Å². The maximum absolute atomic E-state index is 11.4. The Morgan fingerprint density at radius 1 is 0.738 bits per heavy atom. The van der Waals surface area contributed by atoms with E-state index in [0.29, 0.717) is 38.5 Å². The molecule has 0 heterocycles.